The van der Waals surface area contributed by atoms with Crippen molar-refractivity contribution in [2.75, 3.05) is 6.61 Å². The summed E-state index contributed by atoms with van der Waals surface area (Å²) in [6, 6.07) is 7.32. The molecular formula is C14H22O2. The van der Waals surface area contributed by atoms with Crippen LogP contribution in [0.1, 0.15) is 45.1 Å². The number of hydrogen-bond acceptors (Lipinski definition) is 2. The van der Waals surface area contributed by atoms with Crippen LogP contribution < -0.4 is 0 Å². The van der Waals surface area contributed by atoms with Gasteiger partial charge in [0, 0.05) is 6.61 Å². The van der Waals surface area contributed by atoms with Crippen LogP contribution in [0.5, 0.6) is 5.75 Å². The standard InChI is InChI=1S/C9H12O.C5H10O/c1-7(2)8-3-5-9(10)6-4-8;1-2-5-3-4-6-5/h3-7,10H,1-2H3;5H,2-4H2,1H3. The minimum Gasteiger partial charge on any atom is -0.508 e. The van der Waals surface area contributed by atoms with E-state index in [4.69, 9.17) is 9.84 Å². The lowest BCUT2D eigenvalue weighted by atomic mass is 10.0. The molecule has 1 N–H and O–H groups in total. The fourth-order valence-corrected chi connectivity index (χ4v) is 1.47. The summed E-state index contributed by atoms with van der Waals surface area (Å²) in [6.45, 7) is 7.42. The molecule has 0 amide bonds. The SMILES string of the molecule is CC(C)c1ccc(O)cc1.CCC1CCO1. The van der Waals surface area contributed by atoms with E-state index in [1.807, 2.05) is 12.1 Å². The van der Waals surface area contributed by atoms with E-state index < -0.39 is 0 Å². The van der Waals surface area contributed by atoms with Gasteiger partial charge >= 0.3 is 0 Å². The van der Waals surface area contributed by atoms with Crippen LogP contribution in [-0.4, -0.2) is 17.8 Å². The Hall–Kier alpha value is -1.02. The molecule has 0 saturated carbocycles. The molecule has 1 saturated heterocycles. The summed E-state index contributed by atoms with van der Waals surface area (Å²) in [5.74, 6) is 0.880. The highest BCUT2D eigenvalue weighted by Crippen LogP contribution is 2.16. The molecule has 1 aromatic carbocycles. The third-order valence-corrected chi connectivity index (χ3v) is 2.81. The molecule has 1 aromatic rings. The van der Waals surface area contributed by atoms with Gasteiger partial charge in [-0.15, -0.1) is 0 Å². The van der Waals surface area contributed by atoms with Crippen LogP contribution in [0.4, 0.5) is 0 Å². The van der Waals surface area contributed by atoms with Crippen LogP contribution in [0.15, 0.2) is 24.3 Å². The molecule has 0 aliphatic carbocycles. The summed E-state index contributed by atoms with van der Waals surface area (Å²) in [7, 11) is 0. The van der Waals surface area contributed by atoms with Gasteiger partial charge in [0.2, 0.25) is 0 Å². The zero-order valence-corrected chi connectivity index (χ0v) is 10.4. The Morgan fingerprint density at radius 1 is 1.31 bits per heavy atom. The van der Waals surface area contributed by atoms with Gasteiger partial charge in [-0.25, -0.2) is 0 Å². The van der Waals surface area contributed by atoms with Gasteiger partial charge in [0.15, 0.2) is 0 Å². The number of hydrogen-bond donors (Lipinski definition) is 1. The minimum absolute atomic E-state index is 0.337. The van der Waals surface area contributed by atoms with Crippen molar-refractivity contribution >= 4 is 0 Å². The van der Waals surface area contributed by atoms with Crippen molar-refractivity contribution in [2.45, 2.75) is 45.6 Å². The van der Waals surface area contributed by atoms with Crippen molar-refractivity contribution in [2.24, 2.45) is 0 Å². The van der Waals surface area contributed by atoms with Crippen molar-refractivity contribution < 1.29 is 9.84 Å². The van der Waals surface area contributed by atoms with E-state index in [9.17, 15) is 0 Å². The summed E-state index contributed by atoms with van der Waals surface area (Å²) in [6.07, 6.45) is 3.10. The molecule has 2 heteroatoms. The highest BCUT2D eigenvalue weighted by molar-refractivity contribution is 5.27. The predicted octanol–water partition coefficient (Wildman–Crippen LogP) is 3.70. The molecule has 2 rings (SSSR count). The van der Waals surface area contributed by atoms with Crippen LogP contribution in [0.3, 0.4) is 0 Å². The Balaban J connectivity index is 0.000000181. The van der Waals surface area contributed by atoms with Gasteiger partial charge in [-0.3, -0.25) is 0 Å². The van der Waals surface area contributed by atoms with Crippen LogP contribution in [0, 0.1) is 0 Å². The van der Waals surface area contributed by atoms with Crippen molar-refractivity contribution in [3.63, 3.8) is 0 Å². The maximum atomic E-state index is 8.94. The number of benzene rings is 1. The van der Waals surface area contributed by atoms with Gasteiger partial charge in [0.05, 0.1) is 6.10 Å². The second-order valence-electron chi connectivity index (χ2n) is 4.44. The zero-order valence-electron chi connectivity index (χ0n) is 10.4. The smallest absolute Gasteiger partial charge is 0.115 e. The summed E-state index contributed by atoms with van der Waals surface area (Å²) < 4.78 is 5.08. The largest absolute Gasteiger partial charge is 0.508 e. The van der Waals surface area contributed by atoms with Crippen LogP contribution in [0.25, 0.3) is 0 Å². The molecular weight excluding hydrogens is 200 g/mol. The van der Waals surface area contributed by atoms with Crippen molar-refractivity contribution in [1.82, 2.24) is 0 Å². The lowest BCUT2D eigenvalue weighted by molar-refractivity contribution is -0.0516. The number of ether oxygens (including phenoxy) is 1. The molecule has 0 bridgehead atoms. The first-order valence-electron chi connectivity index (χ1n) is 6.04. The van der Waals surface area contributed by atoms with E-state index >= 15 is 0 Å². The quantitative estimate of drug-likeness (QED) is 0.826. The normalized spacial score (nSPS) is 18.6. The number of phenols is 1. The molecule has 2 nitrogen and oxygen atoms in total. The monoisotopic (exact) mass is 222 g/mol. The molecule has 90 valence electrons. The van der Waals surface area contributed by atoms with E-state index in [0.717, 1.165) is 6.61 Å². The molecule has 1 aliphatic heterocycles. The van der Waals surface area contributed by atoms with Crippen LogP contribution >= 0.6 is 0 Å². The average Bonchev–Trinajstić information content (AvgIpc) is 2.17. The Bertz CT molecular complexity index is 283. The van der Waals surface area contributed by atoms with Gasteiger partial charge in [-0.2, -0.15) is 0 Å². The molecule has 1 heterocycles. The van der Waals surface area contributed by atoms with Gasteiger partial charge in [0.25, 0.3) is 0 Å². The highest BCUT2D eigenvalue weighted by atomic mass is 16.5. The molecule has 1 atom stereocenters. The third-order valence-electron chi connectivity index (χ3n) is 2.81. The lowest BCUT2D eigenvalue weighted by Crippen LogP contribution is -2.25. The average molecular weight is 222 g/mol. The number of rotatable bonds is 2. The van der Waals surface area contributed by atoms with Crippen LogP contribution in [-0.2, 0) is 4.74 Å². The molecule has 1 unspecified atom stereocenters. The highest BCUT2D eigenvalue weighted by Gasteiger charge is 2.13. The number of aromatic hydroxyl groups is 1. The van der Waals surface area contributed by atoms with Gasteiger partial charge in [-0.1, -0.05) is 32.9 Å². The molecule has 1 fully saturated rings. The van der Waals surface area contributed by atoms with Gasteiger partial charge in [-0.05, 0) is 36.5 Å². The fraction of sp³-hybridized carbons (Fsp3) is 0.571. The van der Waals surface area contributed by atoms with Crippen molar-refractivity contribution in [3.05, 3.63) is 29.8 Å². The Kier molecular flexibility index (Phi) is 5.33. The van der Waals surface area contributed by atoms with E-state index in [0.29, 0.717) is 17.8 Å². The summed E-state index contributed by atoms with van der Waals surface area (Å²) in [5.41, 5.74) is 1.26. The van der Waals surface area contributed by atoms with E-state index in [1.165, 1.54) is 18.4 Å². The topological polar surface area (TPSA) is 29.5 Å². The first kappa shape index (κ1) is 13.0. The molecule has 0 spiro atoms. The predicted molar refractivity (Wildman–Crippen MR) is 66.8 cm³/mol. The molecule has 16 heavy (non-hydrogen) atoms. The second-order valence-corrected chi connectivity index (χ2v) is 4.44. The Labute approximate surface area is 98.3 Å². The van der Waals surface area contributed by atoms with E-state index in [1.54, 1.807) is 12.1 Å². The van der Waals surface area contributed by atoms with E-state index in [-0.39, 0.29) is 0 Å². The first-order chi connectivity index (χ1) is 7.63. The van der Waals surface area contributed by atoms with Crippen molar-refractivity contribution in [1.29, 1.82) is 0 Å². The van der Waals surface area contributed by atoms with E-state index in [2.05, 4.69) is 20.8 Å². The van der Waals surface area contributed by atoms with Gasteiger partial charge in [0.1, 0.15) is 5.75 Å². The summed E-state index contributed by atoms with van der Waals surface area (Å²) in [4.78, 5) is 0. The maximum absolute atomic E-state index is 8.94. The maximum Gasteiger partial charge on any atom is 0.115 e. The Morgan fingerprint density at radius 3 is 2.12 bits per heavy atom. The second kappa shape index (κ2) is 6.54. The number of phenolic OH excluding ortho intramolecular Hbond substituents is 1. The van der Waals surface area contributed by atoms with Gasteiger partial charge < -0.3 is 9.84 Å². The van der Waals surface area contributed by atoms with Crippen molar-refractivity contribution in [3.8, 4) is 5.75 Å². The summed E-state index contributed by atoms with van der Waals surface area (Å²) >= 11 is 0. The molecule has 0 radical (unpaired) electrons. The first-order valence-corrected chi connectivity index (χ1v) is 6.04. The fourth-order valence-electron chi connectivity index (χ4n) is 1.47. The Morgan fingerprint density at radius 2 is 1.88 bits per heavy atom. The third kappa shape index (κ3) is 4.23. The summed E-state index contributed by atoms with van der Waals surface area (Å²) in [5, 5.41) is 8.94. The molecule has 1 aliphatic rings. The minimum atomic E-state index is 0.337. The molecule has 0 aromatic heterocycles. The zero-order chi connectivity index (χ0) is 12.0. The lowest BCUT2D eigenvalue weighted by Gasteiger charge is -2.24. The van der Waals surface area contributed by atoms with Crippen LogP contribution in [0.2, 0.25) is 0 Å².